The maximum Gasteiger partial charge on any atom is 0.181 e. The van der Waals surface area contributed by atoms with E-state index in [2.05, 4.69) is 17.3 Å². The van der Waals surface area contributed by atoms with E-state index in [0.717, 1.165) is 25.2 Å². The SMILES string of the molecule is Cc1ccc(C(=O)C2CN(C)CCN2)cc1. The van der Waals surface area contributed by atoms with Crippen LogP contribution in [0.5, 0.6) is 0 Å². The third-order valence-electron chi connectivity index (χ3n) is 3.03. The number of carbonyl (C=O) groups is 1. The lowest BCUT2D eigenvalue weighted by molar-refractivity contribution is 0.0894. The molecule has 0 aromatic heterocycles. The second-order valence-electron chi connectivity index (χ2n) is 4.50. The normalized spacial score (nSPS) is 22.0. The first kappa shape index (κ1) is 11.3. The largest absolute Gasteiger partial charge is 0.305 e. The van der Waals surface area contributed by atoms with E-state index in [1.807, 2.05) is 31.2 Å². The van der Waals surface area contributed by atoms with Crippen molar-refractivity contribution >= 4 is 5.78 Å². The summed E-state index contributed by atoms with van der Waals surface area (Å²) in [7, 11) is 2.05. The van der Waals surface area contributed by atoms with Crippen molar-refractivity contribution in [3.05, 3.63) is 35.4 Å². The van der Waals surface area contributed by atoms with Gasteiger partial charge in [0.2, 0.25) is 0 Å². The zero-order valence-electron chi connectivity index (χ0n) is 9.86. The Morgan fingerprint density at radius 3 is 2.69 bits per heavy atom. The monoisotopic (exact) mass is 218 g/mol. The van der Waals surface area contributed by atoms with Crippen molar-refractivity contribution in [2.75, 3.05) is 26.7 Å². The number of piperazine rings is 1. The zero-order valence-corrected chi connectivity index (χ0v) is 9.86. The summed E-state index contributed by atoms with van der Waals surface area (Å²) in [6.45, 7) is 4.73. The molecule has 0 aliphatic carbocycles. The quantitative estimate of drug-likeness (QED) is 0.754. The van der Waals surface area contributed by atoms with Crippen LogP contribution in [-0.4, -0.2) is 43.4 Å². The van der Waals surface area contributed by atoms with Crippen LogP contribution >= 0.6 is 0 Å². The predicted molar refractivity (Wildman–Crippen MR) is 64.8 cm³/mol. The van der Waals surface area contributed by atoms with E-state index in [-0.39, 0.29) is 11.8 Å². The molecule has 0 radical (unpaired) electrons. The molecule has 0 saturated carbocycles. The van der Waals surface area contributed by atoms with Gasteiger partial charge in [-0.3, -0.25) is 4.79 Å². The fourth-order valence-corrected chi connectivity index (χ4v) is 1.99. The number of aryl methyl sites for hydroxylation is 1. The molecule has 1 saturated heterocycles. The molecule has 3 heteroatoms. The molecule has 1 unspecified atom stereocenters. The molecule has 0 amide bonds. The number of nitrogens with zero attached hydrogens (tertiary/aromatic N) is 1. The first-order chi connectivity index (χ1) is 7.66. The van der Waals surface area contributed by atoms with Gasteiger partial charge in [-0.25, -0.2) is 0 Å². The van der Waals surface area contributed by atoms with Gasteiger partial charge in [0.15, 0.2) is 5.78 Å². The number of hydrogen-bond acceptors (Lipinski definition) is 3. The molecule has 1 fully saturated rings. The smallest absolute Gasteiger partial charge is 0.181 e. The fourth-order valence-electron chi connectivity index (χ4n) is 1.99. The minimum absolute atomic E-state index is 0.0542. The van der Waals surface area contributed by atoms with E-state index in [1.165, 1.54) is 5.56 Å². The number of Topliss-reactive ketones (excluding diaryl/α,β-unsaturated/α-hetero) is 1. The van der Waals surface area contributed by atoms with Gasteiger partial charge in [-0.1, -0.05) is 29.8 Å². The summed E-state index contributed by atoms with van der Waals surface area (Å²) in [5.74, 6) is 0.201. The average Bonchev–Trinajstić information content (AvgIpc) is 2.29. The minimum Gasteiger partial charge on any atom is -0.305 e. The molecule has 1 N–H and O–H groups in total. The van der Waals surface area contributed by atoms with Crippen LogP contribution in [0.25, 0.3) is 0 Å². The minimum atomic E-state index is -0.0542. The second-order valence-corrected chi connectivity index (χ2v) is 4.50. The molecule has 1 heterocycles. The van der Waals surface area contributed by atoms with E-state index in [4.69, 9.17) is 0 Å². The summed E-state index contributed by atoms with van der Waals surface area (Å²) in [5.41, 5.74) is 1.99. The molecule has 2 rings (SSSR count). The standard InChI is InChI=1S/C13H18N2O/c1-10-3-5-11(6-4-10)13(16)12-9-15(2)8-7-14-12/h3-6,12,14H,7-9H2,1-2H3. The van der Waals surface area contributed by atoms with Gasteiger partial charge in [0, 0.05) is 25.2 Å². The van der Waals surface area contributed by atoms with Crippen molar-refractivity contribution in [1.29, 1.82) is 0 Å². The van der Waals surface area contributed by atoms with Crippen molar-refractivity contribution in [3.63, 3.8) is 0 Å². The molecule has 1 aliphatic rings. The Morgan fingerprint density at radius 1 is 1.38 bits per heavy atom. The molecular formula is C13H18N2O. The van der Waals surface area contributed by atoms with E-state index >= 15 is 0 Å². The Balaban J connectivity index is 2.09. The Hall–Kier alpha value is -1.19. The highest BCUT2D eigenvalue weighted by Crippen LogP contribution is 2.08. The van der Waals surface area contributed by atoms with Crippen LogP contribution in [0.3, 0.4) is 0 Å². The molecule has 16 heavy (non-hydrogen) atoms. The van der Waals surface area contributed by atoms with Crippen LogP contribution < -0.4 is 5.32 Å². The van der Waals surface area contributed by atoms with Crippen molar-refractivity contribution in [1.82, 2.24) is 10.2 Å². The number of likely N-dealkylation sites (N-methyl/N-ethyl adjacent to an activating group) is 1. The second kappa shape index (κ2) is 4.76. The van der Waals surface area contributed by atoms with Crippen LogP contribution in [0.15, 0.2) is 24.3 Å². The molecule has 3 nitrogen and oxygen atoms in total. The van der Waals surface area contributed by atoms with Crippen molar-refractivity contribution < 1.29 is 4.79 Å². The summed E-state index contributed by atoms with van der Waals surface area (Å²) < 4.78 is 0. The van der Waals surface area contributed by atoms with Gasteiger partial charge in [-0.2, -0.15) is 0 Å². The van der Waals surface area contributed by atoms with Gasteiger partial charge in [-0.05, 0) is 14.0 Å². The lowest BCUT2D eigenvalue weighted by Gasteiger charge is -2.29. The first-order valence-electron chi connectivity index (χ1n) is 5.69. The van der Waals surface area contributed by atoms with Gasteiger partial charge >= 0.3 is 0 Å². The van der Waals surface area contributed by atoms with Gasteiger partial charge in [0.05, 0.1) is 6.04 Å². The van der Waals surface area contributed by atoms with E-state index in [9.17, 15) is 4.79 Å². The average molecular weight is 218 g/mol. The summed E-state index contributed by atoms with van der Waals surface area (Å²) >= 11 is 0. The lowest BCUT2D eigenvalue weighted by Crippen LogP contribution is -2.52. The van der Waals surface area contributed by atoms with Crippen LogP contribution in [0.1, 0.15) is 15.9 Å². The highest BCUT2D eigenvalue weighted by molar-refractivity contribution is 6.00. The topological polar surface area (TPSA) is 32.3 Å². The van der Waals surface area contributed by atoms with E-state index in [1.54, 1.807) is 0 Å². The van der Waals surface area contributed by atoms with Crippen molar-refractivity contribution in [2.24, 2.45) is 0 Å². The van der Waals surface area contributed by atoms with Crippen LogP contribution in [-0.2, 0) is 0 Å². The van der Waals surface area contributed by atoms with Gasteiger partial charge in [0.1, 0.15) is 0 Å². The molecule has 86 valence electrons. The van der Waals surface area contributed by atoms with Crippen molar-refractivity contribution in [3.8, 4) is 0 Å². The highest BCUT2D eigenvalue weighted by Gasteiger charge is 2.23. The predicted octanol–water partition coefficient (Wildman–Crippen LogP) is 1.08. The Kier molecular flexibility index (Phi) is 3.36. The van der Waals surface area contributed by atoms with Crippen LogP contribution in [0.2, 0.25) is 0 Å². The summed E-state index contributed by atoms with van der Waals surface area (Å²) in [6, 6.07) is 7.74. The molecule has 1 atom stereocenters. The maximum atomic E-state index is 12.2. The number of ketones is 1. The maximum absolute atomic E-state index is 12.2. The molecule has 1 aromatic carbocycles. The van der Waals surface area contributed by atoms with E-state index < -0.39 is 0 Å². The molecule has 0 bridgehead atoms. The third kappa shape index (κ3) is 2.49. The van der Waals surface area contributed by atoms with Crippen LogP contribution in [0, 0.1) is 6.92 Å². The van der Waals surface area contributed by atoms with Gasteiger partial charge in [-0.15, -0.1) is 0 Å². The number of benzene rings is 1. The zero-order chi connectivity index (χ0) is 11.5. The Bertz CT molecular complexity index is 372. The molecular weight excluding hydrogens is 200 g/mol. The van der Waals surface area contributed by atoms with Crippen molar-refractivity contribution in [2.45, 2.75) is 13.0 Å². The third-order valence-corrected chi connectivity index (χ3v) is 3.03. The first-order valence-corrected chi connectivity index (χ1v) is 5.69. The Labute approximate surface area is 96.5 Å². The molecule has 1 aliphatic heterocycles. The highest BCUT2D eigenvalue weighted by atomic mass is 16.1. The number of nitrogens with one attached hydrogen (secondary N) is 1. The van der Waals surface area contributed by atoms with Crippen LogP contribution in [0.4, 0.5) is 0 Å². The summed E-state index contributed by atoms with van der Waals surface area (Å²) in [5, 5.41) is 3.27. The molecule has 1 aromatic rings. The number of carbonyl (C=O) groups excluding carboxylic acids is 1. The van der Waals surface area contributed by atoms with Gasteiger partial charge < -0.3 is 10.2 Å². The lowest BCUT2D eigenvalue weighted by atomic mass is 10.0. The van der Waals surface area contributed by atoms with E-state index in [0.29, 0.717) is 0 Å². The number of hydrogen-bond donors (Lipinski definition) is 1. The summed E-state index contributed by atoms with van der Waals surface area (Å²) in [6.07, 6.45) is 0. The summed E-state index contributed by atoms with van der Waals surface area (Å²) in [4.78, 5) is 14.4. The Morgan fingerprint density at radius 2 is 2.06 bits per heavy atom. The fraction of sp³-hybridized carbons (Fsp3) is 0.462. The number of rotatable bonds is 2. The van der Waals surface area contributed by atoms with Gasteiger partial charge in [0.25, 0.3) is 0 Å². The molecule has 0 spiro atoms.